The van der Waals surface area contributed by atoms with Crippen LogP contribution in [0.4, 0.5) is 0 Å². The Labute approximate surface area is 278 Å². The molecule has 10 rings (SSSR count). The molecule has 48 heavy (non-hydrogen) atoms. The van der Waals surface area contributed by atoms with Crippen molar-refractivity contribution < 1.29 is 0 Å². The fraction of sp³-hybridized carbons (Fsp3) is 0. The smallest absolute Gasteiger partial charge is 0.0619 e. The van der Waals surface area contributed by atoms with Crippen molar-refractivity contribution in [2.24, 2.45) is 0 Å². The highest BCUT2D eigenvalue weighted by Crippen LogP contribution is 2.41. The lowest BCUT2D eigenvalue weighted by atomic mass is 9.98. The standard InChI is InChI=1S/C46H30N2/c1-4-14-31(15-5-1)34-26-35(32-16-6-2-7-17-32)28-37(27-34)47-43-22-12-11-21-39(43)42-30-41-33(29-45(42)47)24-25-40-38-20-10-13-23-44(38)48(46(40)41)36-18-8-3-9-19-36/h1-30H. The number of hydrogen-bond acceptors (Lipinski definition) is 0. The summed E-state index contributed by atoms with van der Waals surface area (Å²) >= 11 is 0. The Morgan fingerprint density at radius 3 is 1.46 bits per heavy atom. The van der Waals surface area contributed by atoms with Gasteiger partial charge in [-0.2, -0.15) is 0 Å². The van der Waals surface area contributed by atoms with E-state index >= 15 is 0 Å². The Morgan fingerprint density at radius 1 is 0.271 bits per heavy atom. The Morgan fingerprint density at radius 2 is 0.812 bits per heavy atom. The molecule has 8 aromatic carbocycles. The third kappa shape index (κ3) is 4.06. The second-order valence-electron chi connectivity index (χ2n) is 12.6. The lowest BCUT2D eigenvalue weighted by Gasteiger charge is -2.14. The van der Waals surface area contributed by atoms with Gasteiger partial charge in [-0.05, 0) is 82.2 Å². The molecule has 0 unspecified atom stereocenters. The summed E-state index contributed by atoms with van der Waals surface area (Å²) in [6.45, 7) is 0. The molecule has 0 saturated heterocycles. The molecule has 0 aliphatic rings. The van der Waals surface area contributed by atoms with Crippen LogP contribution in [0.1, 0.15) is 0 Å². The number of nitrogens with zero attached hydrogens (tertiary/aromatic N) is 2. The van der Waals surface area contributed by atoms with Crippen LogP contribution in [0.15, 0.2) is 182 Å². The van der Waals surface area contributed by atoms with Crippen LogP contribution in [0.2, 0.25) is 0 Å². The molecule has 2 nitrogen and oxygen atoms in total. The van der Waals surface area contributed by atoms with Gasteiger partial charge in [0.15, 0.2) is 0 Å². The Balaban J connectivity index is 1.31. The van der Waals surface area contributed by atoms with E-state index in [9.17, 15) is 0 Å². The SMILES string of the molecule is c1ccc(-c2cc(-c3ccccc3)cc(-n3c4ccccc4c4cc5c(ccc6c7ccccc7n(-c7ccccc7)c56)cc43)c2)cc1. The van der Waals surface area contributed by atoms with E-state index in [2.05, 4.69) is 191 Å². The predicted octanol–water partition coefficient (Wildman–Crippen LogP) is 12.4. The quantitative estimate of drug-likeness (QED) is 0.188. The highest BCUT2D eigenvalue weighted by atomic mass is 15.0. The lowest BCUT2D eigenvalue weighted by Crippen LogP contribution is -1.96. The van der Waals surface area contributed by atoms with E-state index in [-0.39, 0.29) is 0 Å². The van der Waals surface area contributed by atoms with Gasteiger partial charge < -0.3 is 9.13 Å². The summed E-state index contributed by atoms with van der Waals surface area (Å²) in [6, 6.07) is 66.2. The molecule has 0 fully saturated rings. The molecule has 0 bridgehead atoms. The average molecular weight is 611 g/mol. The van der Waals surface area contributed by atoms with E-state index in [1.807, 2.05) is 0 Å². The van der Waals surface area contributed by atoms with Gasteiger partial charge >= 0.3 is 0 Å². The summed E-state index contributed by atoms with van der Waals surface area (Å²) in [4.78, 5) is 0. The van der Waals surface area contributed by atoms with Crippen molar-refractivity contribution in [2.45, 2.75) is 0 Å². The van der Waals surface area contributed by atoms with Crippen LogP contribution in [0.25, 0.3) is 88.0 Å². The minimum absolute atomic E-state index is 1.15. The van der Waals surface area contributed by atoms with Crippen molar-refractivity contribution in [3.05, 3.63) is 182 Å². The minimum atomic E-state index is 1.15. The van der Waals surface area contributed by atoms with Crippen molar-refractivity contribution in [2.75, 3.05) is 0 Å². The van der Waals surface area contributed by atoms with Gasteiger partial charge in [0, 0.05) is 38.3 Å². The number of fused-ring (bicyclic) bond motifs is 8. The average Bonchev–Trinajstić information content (AvgIpc) is 3.67. The topological polar surface area (TPSA) is 9.86 Å². The summed E-state index contributed by atoms with van der Waals surface area (Å²) in [6.07, 6.45) is 0. The van der Waals surface area contributed by atoms with Gasteiger partial charge in [-0.25, -0.2) is 0 Å². The zero-order valence-corrected chi connectivity index (χ0v) is 26.2. The van der Waals surface area contributed by atoms with Crippen LogP contribution in [0, 0.1) is 0 Å². The van der Waals surface area contributed by atoms with Gasteiger partial charge in [0.25, 0.3) is 0 Å². The van der Waals surface area contributed by atoms with Crippen LogP contribution in [-0.4, -0.2) is 9.13 Å². The van der Waals surface area contributed by atoms with Gasteiger partial charge in [-0.1, -0.05) is 127 Å². The van der Waals surface area contributed by atoms with Gasteiger partial charge in [-0.3, -0.25) is 0 Å². The molecule has 0 N–H and O–H groups in total. The zero-order chi connectivity index (χ0) is 31.6. The molecule has 0 amide bonds. The van der Waals surface area contributed by atoms with Crippen LogP contribution in [-0.2, 0) is 0 Å². The van der Waals surface area contributed by atoms with E-state index in [1.165, 1.54) is 82.3 Å². The highest BCUT2D eigenvalue weighted by molar-refractivity contribution is 6.22. The normalized spacial score (nSPS) is 11.8. The first-order valence-corrected chi connectivity index (χ1v) is 16.5. The maximum atomic E-state index is 2.46. The van der Waals surface area contributed by atoms with Gasteiger partial charge in [-0.15, -0.1) is 0 Å². The second-order valence-corrected chi connectivity index (χ2v) is 12.6. The van der Waals surface area contributed by atoms with Crippen LogP contribution >= 0.6 is 0 Å². The van der Waals surface area contributed by atoms with Crippen LogP contribution < -0.4 is 0 Å². The maximum Gasteiger partial charge on any atom is 0.0619 e. The second kappa shape index (κ2) is 10.6. The molecular weight excluding hydrogens is 581 g/mol. The number of rotatable bonds is 4. The largest absolute Gasteiger partial charge is 0.309 e. The summed E-state index contributed by atoms with van der Waals surface area (Å²) in [5.41, 5.74) is 12.0. The summed E-state index contributed by atoms with van der Waals surface area (Å²) in [5.74, 6) is 0. The first-order valence-electron chi connectivity index (χ1n) is 16.5. The number of aromatic nitrogens is 2. The Kier molecular flexibility index (Phi) is 5.91. The maximum absolute atomic E-state index is 2.46. The predicted molar refractivity (Wildman–Crippen MR) is 203 cm³/mol. The molecule has 10 aromatic rings. The molecule has 2 heteroatoms. The van der Waals surface area contributed by atoms with Crippen molar-refractivity contribution in [1.82, 2.24) is 9.13 Å². The molecule has 0 aliphatic carbocycles. The molecule has 0 spiro atoms. The van der Waals surface area contributed by atoms with E-state index < -0.39 is 0 Å². The Bertz CT molecular complexity index is 2750. The van der Waals surface area contributed by atoms with Crippen LogP contribution in [0.5, 0.6) is 0 Å². The number of para-hydroxylation sites is 3. The van der Waals surface area contributed by atoms with E-state index in [0.29, 0.717) is 0 Å². The van der Waals surface area contributed by atoms with Crippen molar-refractivity contribution in [3.8, 4) is 33.6 Å². The van der Waals surface area contributed by atoms with Crippen molar-refractivity contribution in [3.63, 3.8) is 0 Å². The number of hydrogen-bond donors (Lipinski definition) is 0. The van der Waals surface area contributed by atoms with E-state index in [1.54, 1.807) is 0 Å². The first-order chi connectivity index (χ1) is 23.8. The van der Waals surface area contributed by atoms with Gasteiger partial charge in [0.2, 0.25) is 0 Å². The third-order valence-electron chi connectivity index (χ3n) is 9.85. The molecule has 224 valence electrons. The summed E-state index contributed by atoms with van der Waals surface area (Å²) in [5, 5.41) is 7.52. The molecule has 2 heterocycles. The molecule has 0 atom stereocenters. The van der Waals surface area contributed by atoms with E-state index in [0.717, 1.165) is 5.69 Å². The minimum Gasteiger partial charge on any atom is -0.309 e. The van der Waals surface area contributed by atoms with Crippen molar-refractivity contribution >= 4 is 54.4 Å². The highest BCUT2D eigenvalue weighted by Gasteiger charge is 2.19. The van der Waals surface area contributed by atoms with Crippen LogP contribution in [0.3, 0.4) is 0 Å². The molecule has 0 saturated carbocycles. The monoisotopic (exact) mass is 610 g/mol. The Hall–Kier alpha value is -6.38. The molecule has 0 aliphatic heterocycles. The van der Waals surface area contributed by atoms with Gasteiger partial charge in [0.05, 0.1) is 22.1 Å². The fourth-order valence-electron chi connectivity index (χ4n) is 7.70. The zero-order valence-electron chi connectivity index (χ0n) is 26.2. The fourth-order valence-corrected chi connectivity index (χ4v) is 7.70. The van der Waals surface area contributed by atoms with Crippen molar-refractivity contribution in [1.29, 1.82) is 0 Å². The molecule has 2 aromatic heterocycles. The molecular formula is C46H30N2. The summed E-state index contributed by atoms with van der Waals surface area (Å²) in [7, 11) is 0. The summed E-state index contributed by atoms with van der Waals surface area (Å²) < 4.78 is 4.90. The van der Waals surface area contributed by atoms with E-state index in [4.69, 9.17) is 0 Å². The number of benzene rings is 8. The third-order valence-corrected chi connectivity index (χ3v) is 9.85. The van der Waals surface area contributed by atoms with Gasteiger partial charge in [0.1, 0.15) is 0 Å². The lowest BCUT2D eigenvalue weighted by molar-refractivity contribution is 1.18. The first kappa shape index (κ1) is 26.8. The molecule has 0 radical (unpaired) electrons.